The van der Waals surface area contributed by atoms with E-state index in [-0.39, 0.29) is 21.4 Å². The van der Waals surface area contributed by atoms with Gasteiger partial charge in [0.15, 0.2) is 5.11 Å². The van der Waals surface area contributed by atoms with Crippen LogP contribution in [-0.4, -0.2) is 24.4 Å². The molecule has 1 aromatic carbocycles. The number of sulfonamides is 1. The van der Waals surface area contributed by atoms with Crippen LogP contribution < -0.4 is 21.1 Å². The average Bonchev–Trinajstić information content (AvgIpc) is 2.63. The molecule has 0 saturated carbocycles. The van der Waals surface area contributed by atoms with E-state index in [0.29, 0.717) is 5.69 Å². The molecule has 0 spiro atoms. The summed E-state index contributed by atoms with van der Waals surface area (Å²) < 4.78 is 27.0. The van der Waals surface area contributed by atoms with Crippen LogP contribution in [0.5, 0.6) is 0 Å². The van der Waals surface area contributed by atoms with Crippen LogP contribution in [0.3, 0.4) is 0 Å². The first-order valence-electron chi connectivity index (χ1n) is 7.33. The van der Waals surface area contributed by atoms with E-state index in [9.17, 15) is 13.2 Å². The number of nitrogens with zero attached hydrogens (tertiary/aromatic N) is 2. The van der Waals surface area contributed by atoms with Crippen molar-refractivity contribution < 1.29 is 13.2 Å². The Bertz CT molecular complexity index is 1010. The number of carbonyl (C=O) groups is 1. The van der Waals surface area contributed by atoms with Gasteiger partial charge in [-0.05, 0) is 48.6 Å². The van der Waals surface area contributed by atoms with Crippen molar-refractivity contribution >= 4 is 44.8 Å². The maximum absolute atomic E-state index is 12.3. The number of nitrogens with one attached hydrogen (secondary N) is 3. The number of benzene rings is 1. The Labute approximate surface area is 161 Å². The summed E-state index contributed by atoms with van der Waals surface area (Å²) >= 11 is 5.01. The lowest BCUT2D eigenvalue weighted by Gasteiger charge is -2.10. The van der Waals surface area contributed by atoms with Crippen LogP contribution in [0, 0.1) is 11.3 Å². The Morgan fingerprint density at radius 2 is 1.93 bits per heavy atom. The van der Waals surface area contributed by atoms with E-state index in [1.165, 1.54) is 36.5 Å². The topological polar surface area (TPSA) is 150 Å². The van der Waals surface area contributed by atoms with Gasteiger partial charge in [-0.25, -0.2) is 13.4 Å². The molecule has 0 radical (unpaired) electrons. The van der Waals surface area contributed by atoms with Gasteiger partial charge in [0.25, 0.3) is 15.9 Å². The molecule has 9 nitrogen and oxygen atoms in total. The van der Waals surface area contributed by atoms with E-state index in [2.05, 4.69) is 20.3 Å². The molecule has 2 aromatic rings. The standard InChI is InChI=1S/C16H14N6O3S2/c17-9-11(15(18)23)10-20-16(26)21-12-4-6-13(7-5-12)27(24,25)22-14-3-1-2-8-19-14/h1-8,10H,(H2,18,23)(H,19,22)(H2,20,21,26)/b11-10-. The number of nitrogens with two attached hydrogens (primary N) is 1. The minimum absolute atomic E-state index is 0.0398. The fraction of sp³-hybridized carbons (Fsp3) is 0. The van der Waals surface area contributed by atoms with Gasteiger partial charge >= 0.3 is 0 Å². The predicted octanol–water partition coefficient (Wildman–Crippen LogP) is 1.06. The first-order chi connectivity index (χ1) is 12.8. The lowest BCUT2D eigenvalue weighted by Crippen LogP contribution is -2.25. The predicted molar refractivity (Wildman–Crippen MR) is 104 cm³/mol. The van der Waals surface area contributed by atoms with Gasteiger partial charge in [0.05, 0.1) is 4.90 Å². The van der Waals surface area contributed by atoms with Crippen LogP contribution in [0.4, 0.5) is 11.5 Å². The molecule has 11 heteroatoms. The van der Waals surface area contributed by atoms with Gasteiger partial charge in [-0.3, -0.25) is 9.52 Å². The summed E-state index contributed by atoms with van der Waals surface area (Å²) in [5.74, 6) is -0.678. The maximum Gasteiger partial charge on any atom is 0.263 e. The second-order valence-electron chi connectivity index (χ2n) is 4.98. The lowest BCUT2D eigenvalue weighted by molar-refractivity contribution is -0.114. The van der Waals surface area contributed by atoms with Crippen molar-refractivity contribution in [1.29, 1.82) is 5.26 Å². The summed E-state index contributed by atoms with van der Waals surface area (Å²) in [5, 5.41) is 14.1. The molecule has 138 valence electrons. The number of carbonyl (C=O) groups excluding carboxylic acids is 1. The normalized spacial score (nSPS) is 11.1. The number of pyridine rings is 1. The zero-order chi connectivity index (χ0) is 19.9. The third kappa shape index (κ3) is 5.77. The molecule has 27 heavy (non-hydrogen) atoms. The molecule has 1 amide bonds. The van der Waals surface area contributed by atoms with E-state index >= 15 is 0 Å². The molecule has 0 saturated heterocycles. The molecule has 0 aliphatic heterocycles. The van der Waals surface area contributed by atoms with Gasteiger partial charge in [0.1, 0.15) is 17.5 Å². The van der Waals surface area contributed by atoms with Crippen molar-refractivity contribution in [3.8, 4) is 6.07 Å². The number of hydrogen-bond donors (Lipinski definition) is 4. The van der Waals surface area contributed by atoms with Crippen molar-refractivity contribution in [3.05, 3.63) is 60.4 Å². The molecule has 1 heterocycles. The number of rotatable bonds is 6. The third-order valence-corrected chi connectivity index (χ3v) is 4.65. The Hall–Kier alpha value is -3.49. The van der Waals surface area contributed by atoms with E-state index in [0.717, 1.165) is 6.20 Å². The van der Waals surface area contributed by atoms with E-state index in [4.69, 9.17) is 23.2 Å². The van der Waals surface area contributed by atoms with Gasteiger partial charge in [0.2, 0.25) is 0 Å². The van der Waals surface area contributed by atoms with Crippen LogP contribution >= 0.6 is 12.2 Å². The quantitative estimate of drug-likeness (QED) is 0.318. The Kier molecular flexibility index (Phi) is 6.42. The molecule has 0 fully saturated rings. The van der Waals surface area contributed by atoms with Gasteiger partial charge in [-0.1, -0.05) is 6.07 Å². The monoisotopic (exact) mass is 402 g/mol. The van der Waals surface area contributed by atoms with Gasteiger partial charge < -0.3 is 16.4 Å². The number of primary amides is 1. The first-order valence-corrected chi connectivity index (χ1v) is 9.22. The summed E-state index contributed by atoms with van der Waals surface area (Å²) in [7, 11) is -3.78. The summed E-state index contributed by atoms with van der Waals surface area (Å²) in [4.78, 5) is 14.9. The smallest absolute Gasteiger partial charge is 0.263 e. The van der Waals surface area contributed by atoms with Crippen LogP contribution in [0.1, 0.15) is 0 Å². The molecule has 0 aliphatic carbocycles. The number of hydrogen-bond acceptors (Lipinski definition) is 6. The van der Waals surface area contributed by atoms with E-state index in [1.807, 2.05) is 0 Å². The number of thiocarbonyl (C=S) groups is 1. The Morgan fingerprint density at radius 3 is 2.48 bits per heavy atom. The van der Waals surface area contributed by atoms with Crippen molar-refractivity contribution in [2.75, 3.05) is 10.0 Å². The van der Waals surface area contributed by atoms with Gasteiger partial charge in [-0.15, -0.1) is 0 Å². The molecule has 2 rings (SSSR count). The Morgan fingerprint density at radius 1 is 1.22 bits per heavy atom. The lowest BCUT2D eigenvalue weighted by atomic mass is 10.3. The van der Waals surface area contributed by atoms with Crippen molar-refractivity contribution in [2.45, 2.75) is 4.90 Å². The highest BCUT2D eigenvalue weighted by Gasteiger charge is 2.14. The summed E-state index contributed by atoms with van der Waals surface area (Å²) in [6.07, 6.45) is 2.55. The fourth-order valence-electron chi connectivity index (χ4n) is 1.80. The average molecular weight is 402 g/mol. The molecule has 0 atom stereocenters. The summed E-state index contributed by atoms with van der Waals surface area (Å²) in [5.41, 5.74) is 5.20. The Balaban J connectivity index is 2.03. The largest absolute Gasteiger partial charge is 0.365 e. The van der Waals surface area contributed by atoms with Crippen molar-refractivity contribution in [3.63, 3.8) is 0 Å². The highest BCUT2D eigenvalue weighted by Crippen LogP contribution is 2.17. The van der Waals surface area contributed by atoms with Crippen LogP contribution in [0.25, 0.3) is 0 Å². The number of aromatic nitrogens is 1. The summed E-state index contributed by atoms with van der Waals surface area (Å²) in [6, 6.07) is 12.3. The van der Waals surface area contributed by atoms with E-state index < -0.39 is 15.9 Å². The first kappa shape index (κ1) is 19.8. The third-order valence-electron chi connectivity index (χ3n) is 3.06. The molecule has 0 unspecified atom stereocenters. The zero-order valence-electron chi connectivity index (χ0n) is 13.7. The van der Waals surface area contributed by atoms with Crippen LogP contribution in [0.15, 0.2) is 65.3 Å². The second-order valence-corrected chi connectivity index (χ2v) is 7.07. The van der Waals surface area contributed by atoms with Crippen molar-refractivity contribution in [1.82, 2.24) is 10.3 Å². The number of amides is 1. The molecule has 0 bridgehead atoms. The molecule has 1 aromatic heterocycles. The number of anilines is 2. The maximum atomic E-state index is 12.3. The highest BCUT2D eigenvalue weighted by molar-refractivity contribution is 7.92. The van der Waals surface area contributed by atoms with E-state index in [1.54, 1.807) is 18.2 Å². The van der Waals surface area contributed by atoms with Gasteiger partial charge in [-0.2, -0.15) is 5.26 Å². The molecule has 5 N–H and O–H groups in total. The second kappa shape index (κ2) is 8.75. The fourth-order valence-corrected chi connectivity index (χ4v) is 2.99. The number of nitriles is 1. The van der Waals surface area contributed by atoms with Gasteiger partial charge in [0, 0.05) is 18.1 Å². The SMILES string of the molecule is N#C/C(=C/NC(=S)Nc1ccc(S(=O)(=O)Nc2ccccn2)cc1)C(N)=O. The van der Waals surface area contributed by atoms with Crippen molar-refractivity contribution in [2.24, 2.45) is 5.73 Å². The molecule has 0 aliphatic rings. The minimum Gasteiger partial charge on any atom is -0.365 e. The molecular weight excluding hydrogens is 388 g/mol. The van der Waals surface area contributed by atoms with Crippen LogP contribution in [0.2, 0.25) is 0 Å². The summed E-state index contributed by atoms with van der Waals surface area (Å²) in [6.45, 7) is 0. The van der Waals surface area contributed by atoms with Crippen LogP contribution in [-0.2, 0) is 14.8 Å². The molecular formula is C16H14N6O3S2. The highest BCUT2D eigenvalue weighted by atomic mass is 32.2. The zero-order valence-corrected chi connectivity index (χ0v) is 15.3. The minimum atomic E-state index is -3.78.